The maximum atomic E-state index is 5.61. The molecule has 2 aromatic rings. The number of aromatic nitrogens is 3. The average molecular weight is 282 g/mol. The Morgan fingerprint density at radius 3 is 2.72 bits per heavy atom. The van der Waals surface area contributed by atoms with Crippen LogP contribution in [0.3, 0.4) is 0 Å². The molecule has 0 aliphatic heterocycles. The Hall–Kier alpha value is -1.54. The van der Waals surface area contributed by atoms with E-state index in [2.05, 4.69) is 20.3 Å². The summed E-state index contributed by atoms with van der Waals surface area (Å²) in [5.74, 6) is 1.54. The zero-order chi connectivity index (χ0) is 13.0. The highest BCUT2D eigenvalue weighted by Crippen LogP contribution is 2.26. The molecule has 2 aromatic heterocycles. The molecule has 0 unspecified atom stereocenters. The van der Waals surface area contributed by atoms with Gasteiger partial charge in [0.25, 0.3) is 0 Å². The van der Waals surface area contributed by atoms with Gasteiger partial charge in [-0.15, -0.1) is 11.3 Å². The maximum Gasteiger partial charge on any atom is 0.191 e. The Morgan fingerprint density at radius 1 is 1.33 bits per heavy atom. The lowest BCUT2D eigenvalue weighted by molar-refractivity contribution is 0.984. The normalized spacial score (nSPS) is 10.5. The van der Waals surface area contributed by atoms with E-state index in [1.54, 1.807) is 17.4 Å². The van der Waals surface area contributed by atoms with Crippen LogP contribution in [-0.4, -0.2) is 21.5 Å². The number of thiazole rings is 1. The van der Waals surface area contributed by atoms with Gasteiger partial charge in [0.15, 0.2) is 10.3 Å². The van der Waals surface area contributed by atoms with Crippen molar-refractivity contribution in [3.8, 4) is 0 Å². The van der Waals surface area contributed by atoms with Gasteiger partial charge in [-0.2, -0.15) is 0 Å². The molecule has 96 valence electrons. The lowest BCUT2D eigenvalue weighted by Gasteiger charge is -2.01. The van der Waals surface area contributed by atoms with E-state index in [4.69, 9.17) is 11.5 Å². The standard InChI is InChI=1S/C10H14N6S2/c1-2-13-9-14-4-6(18-9)5-17-10-15-7(11)3-8(12)16-10/h3-4H,2,5H2,1H3,(H,13,14)(H4,11,12,15,16). The van der Waals surface area contributed by atoms with Gasteiger partial charge in [-0.1, -0.05) is 11.8 Å². The van der Waals surface area contributed by atoms with Gasteiger partial charge in [0.1, 0.15) is 11.6 Å². The lowest BCUT2D eigenvalue weighted by Crippen LogP contribution is -1.99. The molecule has 2 rings (SSSR count). The van der Waals surface area contributed by atoms with E-state index < -0.39 is 0 Å². The molecule has 0 radical (unpaired) electrons. The highest BCUT2D eigenvalue weighted by Gasteiger charge is 2.05. The van der Waals surface area contributed by atoms with Crippen LogP contribution >= 0.6 is 23.1 Å². The van der Waals surface area contributed by atoms with Crippen molar-refractivity contribution in [3.63, 3.8) is 0 Å². The first-order chi connectivity index (χ1) is 8.67. The van der Waals surface area contributed by atoms with Gasteiger partial charge in [0.2, 0.25) is 0 Å². The second kappa shape index (κ2) is 5.87. The van der Waals surface area contributed by atoms with E-state index in [0.717, 1.165) is 22.3 Å². The number of anilines is 3. The average Bonchev–Trinajstić information content (AvgIpc) is 2.74. The van der Waals surface area contributed by atoms with Crippen molar-refractivity contribution >= 4 is 39.9 Å². The molecule has 0 aliphatic rings. The Bertz CT molecular complexity index is 507. The number of thioether (sulfide) groups is 1. The number of hydrogen-bond acceptors (Lipinski definition) is 8. The molecule has 6 nitrogen and oxygen atoms in total. The van der Waals surface area contributed by atoms with Crippen molar-refractivity contribution in [3.05, 3.63) is 17.1 Å². The van der Waals surface area contributed by atoms with Gasteiger partial charge in [-0.05, 0) is 6.92 Å². The van der Waals surface area contributed by atoms with Crippen LogP contribution in [0.4, 0.5) is 16.8 Å². The fraction of sp³-hybridized carbons (Fsp3) is 0.300. The summed E-state index contributed by atoms with van der Waals surface area (Å²) in [7, 11) is 0. The Labute approximate surface area is 113 Å². The molecule has 0 aliphatic carbocycles. The van der Waals surface area contributed by atoms with Gasteiger partial charge in [0, 0.05) is 29.4 Å². The molecule has 0 amide bonds. The largest absolute Gasteiger partial charge is 0.383 e. The highest BCUT2D eigenvalue weighted by molar-refractivity contribution is 7.98. The van der Waals surface area contributed by atoms with Gasteiger partial charge in [-0.3, -0.25) is 0 Å². The number of hydrogen-bond donors (Lipinski definition) is 3. The van der Waals surface area contributed by atoms with Crippen molar-refractivity contribution in [2.45, 2.75) is 17.8 Å². The monoisotopic (exact) mass is 282 g/mol. The first-order valence-electron chi connectivity index (χ1n) is 5.38. The van der Waals surface area contributed by atoms with Crippen molar-refractivity contribution in [1.82, 2.24) is 15.0 Å². The molecule has 2 heterocycles. The van der Waals surface area contributed by atoms with Gasteiger partial charge in [-0.25, -0.2) is 15.0 Å². The third-order valence-electron chi connectivity index (χ3n) is 1.97. The summed E-state index contributed by atoms with van der Waals surface area (Å²) in [6, 6.07) is 1.54. The molecule has 18 heavy (non-hydrogen) atoms. The molecule has 0 saturated carbocycles. The van der Waals surface area contributed by atoms with Crippen LogP contribution in [0, 0.1) is 0 Å². The van der Waals surface area contributed by atoms with Gasteiger partial charge >= 0.3 is 0 Å². The summed E-state index contributed by atoms with van der Waals surface area (Å²) in [6.07, 6.45) is 1.85. The van der Waals surface area contributed by atoms with E-state index in [0.29, 0.717) is 16.8 Å². The van der Waals surface area contributed by atoms with E-state index >= 15 is 0 Å². The van der Waals surface area contributed by atoms with Crippen LogP contribution < -0.4 is 16.8 Å². The van der Waals surface area contributed by atoms with Crippen molar-refractivity contribution < 1.29 is 0 Å². The lowest BCUT2D eigenvalue weighted by atomic mass is 10.5. The van der Waals surface area contributed by atoms with Crippen molar-refractivity contribution in [2.24, 2.45) is 0 Å². The smallest absolute Gasteiger partial charge is 0.191 e. The number of rotatable bonds is 5. The van der Waals surface area contributed by atoms with E-state index in [1.807, 2.05) is 13.1 Å². The summed E-state index contributed by atoms with van der Waals surface area (Å²) in [4.78, 5) is 13.6. The van der Waals surface area contributed by atoms with Crippen LogP contribution in [0.25, 0.3) is 0 Å². The highest BCUT2D eigenvalue weighted by atomic mass is 32.2. The molecular weight excluding hydrogens is 268 g/mol. The van der Waals surface area contributed by atoms with Crippen LogP contribution in [0.1, 0.15) is 11.8 Å². The molecule has 8 heteroatoms. The zero-order valence-corrected chi connectivity index (χ0v) is 11.5. The van der Waals surface area contributed by atoms with Crippen molar-refractivity contribution in [1.29, 1.82) is 0 Å². The third-order valence-corrected chi connectivity index (χ3v) is 4.00. The number of nitrogens with zero attached hydrogens (tertiary/aromatic N) is 3. The van der Waals surface area contributed by atoms with E-state index in [-0.39, 0.29) is 0 Å². The second-order valence-electron chi connectivity index (χ2n) is 3.45. The third kappa shape index (κ3) is 3.47. The Balaban J connectivity index is 1.97. The molecule has 0 aromatic carbocycles. The summed E-state index contributed by atoms with van der Waals surface area (Å²) >= 11 is 3.12. The quantitative estimate of drug-likeness (QED) is 0.567. The minimum atomic E-state index is 0.391. The Kier molecular flexibility index (Phi) is 4.21. The van der Waals surface area contributed by atoms with Gasteiger partial charge in [0.05, 0.1) is 0 Å². The molecule has 0 fully saturated rings. The summed E-state index contributed by atoms with van der Waals surface area (Å²) in [5, 5.41) is 4.69. The fourth-order valence-electron chi connectivity index (χ4n) is 1.27. The zero-order valence-electron chi connectivity index (χ0n) is 9.88. The molecule has 0 bridgehead atoms. The molecule has 0 spiro atoms. The SMILES string of the molecule is CCNc1ncc(CSc2nc(N)cc(N)n2)s1. The summed E-state index contributed by atoms with van der Waals surface area (Å²) < 4.78 is 0. The fourth-order valence-corrected chi connectivity index (χ4v) is 3.04. The Morgan fingerprint density at radius 2 is 2.06 bits per heavy atom. The molecule has 0 saturated heterocycles. The minimum Gasteiger partial charge on any atom is -0.383 e. The van der Waals surface area contributed by atoms with Gasteiger partial charge < -0.3 is 16.8 Å². The van der Waals surface area contributed by atoms with E-state index in [1.165, 1.54) is 11.8 Å². The number of nitrogens with two attached hydrogens (primary N) is 2. The predicted molar refractivity (Wildman–Crippen MR) is 76.7 cm³/mol. The summed E-state index contributed by atoms with van der Waals surface area (Å²) in [6.45, 7) is 2.91. The summed E-state index contributed by atoms with van der Waals surface area (Å²) in [5.41, 5.74) is 11.2. The minimum absolute atomic E-state index is 0.391. The van der Waals surface area contributed by atoms with Crippen LogP contribution in [0.15, 0.2) is 17.4 Å². The topological polar surface area (TPSA) is 103 Å². The predicted octanol–water partition coefficient (Wildman–Crippen LogP) is 1.82. The van der Waals surface area contributed by atoms with Crippen LogP contribution in [-0.2, 0) is 5.75 Å². The van der Waals surface area contributed by atoms with Crippen LogP contribution in [0.2, 0.25) is 0 Å². The number of nitrogens with one attached hydrogen (secondary N) is 1. The van der Waals surface area contributed by atoms with Crippen molar-refractivity contribution in [2.75, 3.05) is 23.3 Å². The second-order valence-corrected chi connectivity index (χ2v) is 5.51. The first-order valence-corrected chi connectivity index (χ1v) is 7.19. The molecule has 5 N–H and O–H groups in total. The molecule has 0 atom stereocenters. The molecular formula is C10H14N6S2. The number of nitrogen functional groups attached to an aromatic ring is 2. The van der Waals surface area contributed by atoms with E-state index in [9.17, 15) is 0 Å². The first kappa shape index (κ1) is 12.9. The maximum absolute atomic E-state index is 5.61. The van der Waals surface area contributed by atoms with Crippen LogP contribution in [0.5, 0.6) is 0 Å².